The van der Waals surface area contributed by atoms with E-state index in [4.69, 9.17) is 4.42 Å². The lowest BCUT2D eigenvalue weighted by atomic mass is 10.1. The van der Waals surface area contributed by atoms with Gasteiger partial charge in [-0.05, 0) is 46.2 Å². The number of benzene rings is 1. The maximum atomic E-state index is 12.1. The first kappa shape index (κ1) is 13.6. The maximum Gasteiger partial charge on any atom is 0.348 e. The molecule has 1 aromatic carbocycles. The van der Waals surface area contributed by atoms with Gasteiger partial charge in [0.15, 0.2) is 0 Å². The molecule has 4 heteroatoms. The van der Waals surface area contributed by atoms with Crippen LogP contribution < -0.4 is 10.5 Å². The zero-order chi connectivity index (χ0) is 14.2. The highest BCUT2D eigenvalue weighted by Crippen LogP contribution is 2.20. The normalized spacial score (nSPS) is 11.5. The minimum Gasteiger partial charge on any atom is -0.388 e. The Kier molecular flexibility index (Phi) is 3.60. The molecule has 1 heterocycles. The Bertz CT molecular complexity index is 636. The van der Waals surface area contributed by atoms with Crippen LogP contribution in [0.25, 0.3) is 10.9 Å². The predicted octanol–water partition coefficient (Wildman–Crippen LogP) is 3.12. The fourth-order valence-electron chi connectivity index (χ4n) is 2.42. The second-order valence-electron chi connectivity index (χ2n) is 5.35. The van der Waals surface area contributed by atoms with Gasteiger partial charge < -0.3 is 9.32 Å². The molecule has 2 aromatic rings. The second kappa shape index (κ2) is 5.03. The van der Waals surface area contributed by atoms with Crippen molar-refractivity contribution in [2.75, 3.05) is 4.90 Å². The lowest BCUT2D eigenvalue weighted by Crippen LogP contribution is -2.38. The van der Waals surface area contributed by atoms with Crippen LogP contribution in [0.1, 0.15) is 33.3 Å². The molecule has 0 amide bonds. The van der Waals surface area contributed by atoms with Gasteiger partial charge in [-0.25, -0.2) is 4.79 Å². The minimum absolute atomic E-state index is 0.220. The smallest absolute Gasteiger partial charge is 0.348 e. The summed E-state index contributed by atoms with van der Waals surface area (Å²) in [6.45, 7) is 10.1. The van der Waals surface area contributed by atoms with Crippen LogP contribution in [0.3, 0.4) is 0 Å². The number of nitrogens with zero attached hydrogens (tertiary/aromatic N) is 2. The number of aromatic nitrogens is 1. The van der Waals surface area contributed by atoms with Gasteiger partial charge in [0.2, 0.25) is 0 Å². The molecule has 1 aromatic heterocycles. The van der Waals surface area contributed by atoms with Gasteiger partial charge in [-0.3, -0.25) is 0 Å². The van der Waals surface area contributed by atoms with Crippen molar-refractivity contribution >= 4 is 16.9 Å². The molecule has 2 rings (SSSR count). The lowest BCUT2D eigenvalue weighted by Gasteiger charge is -2.29. The fourth-order valence-corrected chi connectivity index (χ4v) is 2.42. The summed E-state index contributed by atoms with van der Waals surface area (Å²) in [5, 5.41) is 0.568. The summed E-state index contributed by atoms with van der Waals surface area (Å²) in [7, 11) is 0. The Hall–Kier alpha value is -1.84. The highest BCUT2D eigenvalue weighted by molar-refractivity contribution is 5.81. The van der Waals surface area contributed by atoms with Gasteiger partial charge >= 0.3 is 11.6 Å². The summed E-state index contributed by atoms with van der Waals surface area (Å²) in [5.41, 5.74) is 1.27. The first-order chi connectivity index (χ1) is 8.91. The Morgan fingerprint density at radius 3 is 2.37 bits per heavy atom. The van der Waals surface area contributed by atoms with Gasteiger partial charge in [-0.2, -0.15) is 4.98 Å². The van der Waals surface area contributed by atoms with Crippen molar-refractivity contribution in [1.82, 2.24) is 4.98 Å². The molecule has 0 saturated heterocycles. The second-order valence-corrected chi connectivity index (χ2v) is 5.35. The molecule has 4 nitrogen and oxygen atoms in total. The number of fused-ring (bicyclic) bond motifs is 1. The van der Waals surface area contributed by atoms with Crippen LogP contribution in [-0.4, -0.2) is 17.1 Å². The monoisotopic (exact) mass is 260 g/mol. The van der Waals surface area contributed by atoms with Crippen molar-refractivity contribution in [2.24, 2.45) is 0 Å². The SMILES string of the molecule is Cc1cccc2nc(N(C(C)C)C(C)C)oc(=O)c12. The van der Waals surface area contributed by atoms with Gasteiger partial charge in [0.1, 0.15) is 0 Å². The summed E-state index contributed by atoms with van der Waals surface area (Å²) in [6, 6.07) is 6.48. The first-order valence-electron chi connectivity index (χ1n) is 6.60. The zero-order valence-electron chi connectivity index (χ0n) is 12.1. The summed E-state index contributed by atoms with van der Waals surface area (Å²) in [6.07, 6.45) is 0. The number of hydrogen-bond acceptors (Lipinski definition) is 4. The zero-order valence-corrected chi connectivity index (χ0v) is 12.1. The van der Waals surface area contributed by atoms with E-state index in [2.05, 4.69) is 32.7 Å². The molecule has 0 spiro atoms. The molecule has 0 aliphatic rings. The van der Waals surface area contributed by atoms with E-state index in [-0.39, 0.29) is 17.7 Å². The Morgan fingerprint density at radius 1 is 1.16 bits per heavy atom. The van der Waals surface area contributed by atoms with E-state index >= 15 is 0 Å². The van der Waals surface area contributed by atoms with Crippen molar-refractivity contribution in [3.63, 3.8) is 0 Å². The Balaban J connectivity index is 2.67. The Labute approximate surface area is 113 Å². The van der Waals surface area contributed by atoms with E-state index in [0.717, 1.165) is 5.56 Å². The largest absolute Gasteiger partial charge is 0.388 e. The molecule has 0 bridgehead atoms. The third-order valence-corrected chi connectivity index (χ3v) is 3.19. The van der Waals surface area contributed by atoms with E-state index in [1.807, 2.05) is 30.0 Å². The van der Waals surface area contributed by atoms with Crippen molar-refractivity contribution in [2.45, 2.75) is 46.7 Å². The highest BCUT2D eigenvalue weighted by atomic mass is 16.4. The van der Waals surface area contributed by atoms with Crippen molar-refractivity contribution in [1.29, 1.82) is 0 Å². The molecule has 0 radical (unpaired) electrons. The van der Waals surface area contributed by atoms with E-state index in [1.54, 1.807) is 0 Å². The summed E-state index contributed by atoms with van der Waals surface area (Å²) in [5.74, 6) is 0. The van der Waals surface area contributed by atoms with Crippen LogP contribution in [0, 0.1) is 6.92 Å². The molecular formula is C15H20N2O2. The van der Waals surface area contributed by atoms with Gasteiger partial charge in [0.05, 0.1) is 10.9 Å². The quantitative estimate of drug-likeness (QED) is 0.850. The lowest BCUT2D eigenvalue weighted by molar-refractivity contribution is 0.451. The van der Waals surface area contributed by atoms with Gasteiger partial charge in [0.25, 0.3) is 0 Å². The summed E-state index contributed by atoms with van der Waals surface area (Å²) < 4.78 is 5.42. The van der Waals surface area contributed by atoms with Crippen molar-refractivity contribution in [3.05, 3.63) is 34.2 Å². The number of rotatable bonds is 3. The van der Waals surface area contributed by atoms with Crippen LogP contribution in [0.4, 0.5) is 6.01 Å². The minimum atomic E-state index is -0.315. The molecule has 0 atom stereocenters. The van der Waals surface area contributed by atoms with Crippen LogP contribution in [0.2, 0.25) is 0 Å². The molecule has 0 N–H and O–H groups in total. The van der Waals surface area contributed by atoms with Crippen LogP contribution in [-0.2, 0) is 0 Å². The van der Waals surface area contributed by atoms with E-state index in [9.17, 15) is 4.79 Å². The predicted molar refractivity (Wildman–Crippen MR) is 77.8 cm³/mol. The molecule has 102 valence electrons. The van der Waals surface area contributed by atoms with Crippen molar-refractivity contribution < 1.29 is 4.42 Å². The van der Waals surface area contributed by atoms with E-state index in [0.29, 0.717) is 16.9 Å². The van der Waals surface area contributed by atoms with Crippen LogP contribution in [0.5, 0.6) is 0 Å². The average Bonchev–Trinajstić information content (AvgIpc) is 2.27. The molecule has 0 fully saturated rings. The molecule has 0 saturated carbocycles. The van der Waals surface area contributed by atoms with Gasteiger partial charge in [-0.1, -0.05) is 12.1 Å². The highest BCUT2D eigenvalue weighted by Gasteiger charge is 2.20. The summed E-state index contributed by atoms with van der Waals surface area (Å²) >= 11 is 0. The molecule has 0 aliphatic carbocycles. The standard InChI is InChI=1S/C15H20N2O2/c1-9(2)17(10(3)4)15-16-12-8-6-7-11(5)13(12)14(18)19-15/h6-10H,1-5H3. The third-order valence-electron chi connectivity index (χ3n) is 3.19. The molecule has 0 unspecified atom stereocenters. The number of hydrogen-bond donors (Lipinski definition) is 0. The van der Waals surface area contributed by atoms with Crippen LogP contribution in [0.15, 0.2) is 27.4 Å². The average molecular weight is 260 g/mol. The fraction of sp³-hybridized carbons (Fsp3) is 0.467. The molecular weight excluding hydrogens is 240 g/mol. The maximum absolute atomic E-state index is 12.1. The number of anilines is 1. The van der Waals surface area contributed by atoms with E-state index in [1.165, 1.54) is 0 Å². The van der Waals surface area contributed by atoms with Gasteiger partial charge in [0, 0.05) is 12.1 Å². The van der Waals surface area contributed by atoms with Crippen molar-refractivity contribution in [3.8, 4) is 0 Å². The van der Waals surface area contributed by atoms with Gasteiger partial charge in [-0.15, -0.1) is 0 Å². The first-order valence-corrected chi connectivity index (χ1v) is 6.60. The summed E-state index contributed by atoms with van der Waals surface area (Å²) in [4.78, 5) is 18.6. The molecule has 19 heavy (non-hydrogen) atoms. The Morgan fingerprint density at radius 2 is 1.79 bits per heavy atom. The molecule has 0 aliphatic heterocycles. The third kappa shape index (κ3) is 2.48. The van der Waals surface area contributed by atoms with E-state index < -0.39 is 0 Å². The topological polar surface area (TPSA) is 46.3 Å². The van der Waals surface area contributed by atoms with Crippen LogP contribution >= 0.6 is 0 Å². The number of aryl methyl sites for hydroxylation is 1.